The van der Waals surface area contributed by atoms with E-state index in [0.29, 0.717) is 11.3 Å². The topological polar surface area (TPSA) is 75.3 Å². The summed E-state index contributed by atoms with van der Waals surface area (Å²) in [5.41, 5.74) is 4.26. The molecule has 0 unspecified atom stereocenters. The van der Waals surface area contributed by atoms with Gasteiger partial charge < -0.3 is 5.32 Å². The highest BCUT2D eigenvalue weighted by molar-refractivity contribution is 7.92. The summed E-state index contributed by atoms with van der Waals surface area (Å²) in [5, 5.41) is 2.97. The minimum absolute atomic E-state index is 0.119. The Bertz CT molecular complexity index is 843. The molecule has 0 radical (unpaired) electrons. The maximum absolute atomic E-state index is 12.4. The summed E-state index contributed by atoms with van der Waals surface area (Å²) in [4.78, 5) is 12.4. The third-order valence-corrected chi connectivity index (χ3v) is 4.31. The van der Waals surface area contributed by atoms with Crippen molar-refractivity contribution in [2.24, 2.45) is 0 Å². The van der Waals surface area contributed by atoms with Crippen molar-refractivity contribution in [3.8, 4) is 0 Å². The second-order valence-corrected chi connectivity index (χ2v) is 7.76. The third kappa shape index (κ3) is 4.83. The molecular weight excluding hydrogens is 324 g/mol. The molecule has 2 rings (SSSR count). The highest BCUT2D eigenvalue weighted by Crippen LogP contribution is 2.19. The quantitative estimate of drug-likeness (QED) is 0.873. The van der Waals surface area contributed by atoms with Gasteiger partial charge in [0.05, 0.1) is 12.3 Å². The standard InChI is InChI=1S/C18H22N2O3S/c1-12-5-6-13(2)17(11-12)14(3)19-18(21)15-7-9-16(10-8-15)20-24(4,22)23/h5-11,14,20H,1-4H3,(H,19,21)/t14-/m1/s1. The van der Waals surface area contributed by atoms with E-state index in [9.17, 15) is 13.2 Å². The van der Waals surface area contributed by atoms with Crippen LogP contribution in [0.5, 0.6) is 0 Å². The Morgan fingerprint density at radius 1 is 1.04 bits per heavy atom. The molecule has 2 aromatic rings. The Balaban J connectivity index is 2.10. The van der Waals surface area contributed by atoms with E-state index in [2.05, 4.69) is 16.1 Å². The maximum Gasteiger partial charge on any atom is 0.251 e. The molecule has 0 saturated heterocycles. The Hall–Kier alpha value is -2.34. The van der Waals surface area contributed by atoms with E-state index in [0.717, 1.165) is 22.9 Å². The first-order valence-electron chi connectivity index (χ1n) is 7.61. The molecule has 0 saturated carbocycles. The Morgan fingerprint density at radius 3 is 2.25 bits per heavy atom. The molecule has 5 nitrogen and oxygen atoms in total. The fourth-order valence-corrected chi connectivity index (χ4v) is 3.05. The molecule has 0 aromatic heterocycles. The predicted octanol–water partition coefficient (Wildman–Crippen LogP) is 3.17. The van der Waals surface area contributed by atoms with Gasteiger partial charge in [-0.2, -0.15) is 0 Å². The van der Waals surface area contributed by atoms with Crippen molar-refractivity contribution in [3.05, 3.63) is 64.7 Å². The molecule has 0 heterocycles. The van der Waals surface area contributed by atoms with Crippen LogP contribution in [0.1, 0.15) is 40.0 Å². The number of hydrogen-bond donors (Lipinski definition) is 2. The van der Waals surface area contributed by atoms with Gasteiger partial charge in [-0.3, -0.25) is 9.52 Å². The molecule has 0 bridgehead atoms. The first kappa shape index (κ1) is 18.0. The lowest BCUT2D eigenvalue weighted by molar-refractivity contribution is 0.0940. The number of anilines is 1. The second kappa shape index (κ2) is 7.05. The number of carbonyl (C=O) groups is 1. The average molecular weight is 346 g/mol. The van der Waals surface area contributed by atoms with Crippen LogP contribution in [0.2, 0.25) is 0 Å². The normalized spacial score (nSPS) is 12.5. The lowest BCUT2D eigenvalue weighted by atomic mass is 9.99. The number of aryl methyl sites for hydroxylation is 2. The monoisotopic (exact) mass is 346 g/mol. The number of hydrogen-bond acceptors (Lipinski definition) is 3. The second-order valence-electron chi connectivity index (χ2n) is 6.01. The summed E-state index contributed by atoms with van der Waals surface area (Å²) in [5.74, 6) is -0.200. The molecule has 128 valence electrons. The zero-order valence-electron chi connectivity index (χ0n) is 14.3. The molecule has 0 aliphatic carbocycles. The van der Waals surface area contributed by atoms with Crippen molar-refractivity contribution < 1.29 is 13.2 Å². The molecule has 0 aliphatic rings. The summed E-state index contributed by atoms with van der Waals surface area (Å²) < 4.78 is 24.7. The molecule has 24 heavy (non-hydrogen) atoms. The van der Waals surface area contributed by atoms with Gasteiger partial charge in [-0.15, -0.1) is 0 Å². The zero-order valence-corrected chi connectivity index (χ0v) is 15.1. The van der Waals surface area contributed by atoms with Gasteiger partial charge in [-0.25, -0.2) is 8.42 Å². The largest absolute Gasteiger partial charge is 0.346 e. The van der Waals surface area contributed by atoms with E-state index in [4.69, 9.17) is 0 Å². The van der Waals surface area contributed by atoms with Crippen LogP contribution in [0.25, 0.3) is 0 Å². The Labute approximate surface area is 143 Å². The summed E-state index contributed by atoms with van der Waals surface area (Å²) >= 11 is 0. The van der Waals surface area contributed by atoms with Gasteiger partial charge in [0, 0.05) is 11.3 Å². The van der Waals surface area contributed by atoms with Crippen LogP contribution in [-0.4, -0.2) is 20.6 Å². The molecule has 0 spiro atoms. The van der Waals surface area contributed by atoms with E-state index >= 15 is 0 Å². The number of benzene rings is 2. The van der Waals surface area contributed by atoms with Crippen molar-refractivity contribution in [1.82, 2.24) is 5.32 Å². The lowest BCUT2D eigenvalue weighted by Gasteiger charge is -2.17. The Kier molecular flexibility index (Phi) is 5.29. The average Bonchev–Trinajstić information content (AvgIpc) is 2.48. The van der Waals surface area contributed by atoms with Gasteiger partial charge in [0.15, 0.2) is 0 Å². The maximum atomic E-state index is 12.4. The number of amides is 1. The van der Waals surface area contributed by atoms with Crippen LogP contribution in [0.4, 0.5) is 5.69 Å². The summed E-state index contributed by atoms with van der Waals surface area (Å²) in [7, 11) is -3.32. The van der Waals surface area contributed by atoms with Crippen molar-refractivity contribution in [2.75, 3.05) is 11.0 Å². The highest BCUT2D eigenvalue weighted by Gasteiger charge is 2.13. The molecule has 0 aliphatic heterocycles. The SMILES string of the molecule is Cc1ccc(C)c([C@@H](C)NC(=O)c2ccc(NS(C)(=O)=O)cc2)c1. The minimum atomic E-state index is -3.32. The van der Waals surface area contributed by atoms with Gasteiger partial charge in [0.2, 0.25) is 10.0 Å². The van der Waals surface area contributed by atoms with Crippen LogP contribution in [0, 0.1) is 13.8 Å². The molecular formula is C18H22N2O3S. The van der Waals surface area contributed by atoms with Crippen LogP contribution < -0.4 is 10.0 Å². The third-order valence-electron chi connectivity index (χ3n) is 3.70. The first-order valence-corrected chi connectivity index (χ1v) is 9.51. The fraction of sp³-hybridized carbons (Fsp3) is 0.278. The van der Waals surface area contributed by atoms with Gasteiger partial charge in [0.25, 0.3) is 5.91 Å². The van der Waals surface area contributed by atoms with E-state index in [-0.39, 0.29) is 11.9 Å². The van der Waals surface area contributed by atoms with Gasteiger partial charge in [-0.1, -0.05) is 23.8 Å². The lowest BCUT2D eigenvalue weighted by Crippen LogP contribution is -2.27. The van der Waals surface area contributed by atoms with Gasteiger partial charge >= 0.3 is 0 Å². The minimum Gasteiger partial charge on any atom is -0.346 e. The first-order chi connectivity index (χ1) is 11.2. The Morgan fingerprint density at radius 2 is 1.67 bits per heavy atom. The number of nitrogens with one attached hydrogen (secondary N) is 2. The van der Waals surface area contributed by atoms with Crippen molar-refractivity contribution >= 4 is 21.6 Å². The van der Waals surface area contributed by atoms with E-state index in [1.165, 1.54) is 0 Å². The van der Waals surface area contributed by atoms with Crippen LogP contribution >= 0.6 is 0 Å². The molecule has 1 amide bonds. The van der Waals surface area contributed by atoms with Gasteiger partial charge in [0.1, 0.15) is 0 Å². The van der Waals surface area contributed by atoms with Crippen molar-refractivity contribution in [1.29, 1.82) is 0 Å². The van der Waals surface area contributed by atoms with E-state index in [1.54, 1.807) is 24.3 Å². The van der Waals surface area contributed by atoms with Crippen molar-refractivity contribution in [2.45, 2.75) is 26.8 Å². The predicted molar refractivity (Wildman–Crippen MR) is 96.7 cm³/mol. The highest BCUT2D eigenvalue weighted by atomic mass is 32.2. The van der Waals surface area contributed by atoms with Crippen molar-refractivity contribution in [3.63, 3.8) is 0 Å². The number of carbonyl (C=O) groups excluding carboxylic acids is 1. The summed E-state index contributed by atoms with van der Waals surface area (Å²) in [6, 6.07) is 12.4. The fourth-order valence-electron chi connectivity index (χ4n) is 2.49. The van der Waals surface area contributed by atoms with Crippen LogP contribution in [0.3, 0.4) is 0 Å². The van der Waals surface area contributed by atoms with Gasteiger partial charge in [-0.05, 0) is 56.2 Å². The molecule has 2 aromatic carbocycles. The van der Waals surface area contributed by atoms with Crippen LogP contribution in [0.15, 0.2) is 42.5 Å². The number of sulfonamides is 1. The molecule has 2 N–H and O–H groups in total. The molecule has 1 atom stereocenters. The van der Waals surface area contributed by atoms with E-state index in [1.807, 2.05) is 32.9 Å². The van der Waals surface area contributed by atoms with Crippen LogP contribution in [-0.2, 0) is 10.0 Å². The van der Waals surface area contributed by atoms with E-state index < -0.39 is 10.0 Å². The smallest absolute Gasteiger partial charge is 0.251 e. The zero-order chi connectivity index (χ0) is 17.9. The number of rotatable bonds is 5. The molecule has 0 fully saturated rings. The molecule has 6 heteroatoms. The summed E-state index contributed by atoms with van der Waals surface area (Å²) in [6.07, 6.45) is 1.08. The summed E-state index contributed by atoms with van der Waals surface area (Å²) in [6.45, 7) is 5.98.